The summed E-state index contributed by atoms with van der Waals surface area (Å²) in [5, 5.41) is 3.46. The van der Waals surface area contributed by atoms with Gasteiger partial charge in [-0.05, 0) is 39.0 Å². The van der Waals surface area contributed by atoms with Gasteiger partial charge in [0.1, 0.15) is 0 Å². The van der Waals surface area contributed by atoms with Crippen molar-refractivity contribution in [2.45, 2.75) is 53.1 Å². The Bertz CT molecular complexity index is 419. The second-order valence-corrected chi connectivity index (χ2v) is 7.23. The van der Waals surface area contributed by atoms with Gasteiger partial charge in [-0.25, -0.2) is 9.97 Å². The number of nitrogens with one attached hydrogen (secondary N) is 1. The summed E-state index contributed by atoms with van der Waals surface area (Å²) in [5.41, 5.74) is 1.27. The lowest BCUT2D eigenvalue weighted by atomic mass is 9.95. The van der Waals surface area contributed by atoms with Crippen molar-refractivity contribution in [2.24, 2.45) is 11.8 Å². The van der Waals surface area contributed by atoms with Gasteiger partial charge in [-0.3, -0.25) is 0 Å². The fourth-order valence-corrected chi connectivity index (χ4v) is 2.48. The Balaban J connectivity index is 1.92. The number of hydrogen-bond acceptors (Lipinski definition) is 4. The fourth-order valence-electron chi connectivity index (χ4n) is 2.48. The van der Waals surface area contributed by atoms with Crippen LogP contribution in [0.2, 0.25) is 0 Å². The largest absolute Gasteiger partial charge is 0.341 e. The average molecular weight is 276 g/mol. The minimum atomic E-state index is 0.123. The van der Waals surface area contributed by atoms with Crippen LogP contribution in [0.1, 0.15) is 46.6 Å². The molecular weight excluding hydrogens is 248 g/mol. The molecule has 0 aliphatic carbocycles. The molecule has 1 atom stereocenters. The number of hydrogen-bond donors (Lipinski definition) is 1. The van der Waals surface area contributed by atoms with Crippen LogP contribution >= 0.6 is 0 Å². The molecule has 0 radical (unpaired) electrons. The maximum absolute atomic E-state index is 4.53. The lowest BCUT2D eigenvalue weighted by molar-refractivity contribution is 0.422. The third kappa shape index (κ3) is 4.17. The highest BCUT2D eigenvalue weighted by Gasteiger charge is 2.26. The molecule has 1 saturated heterocycles. The van der Waals surface area contributed by atoms with Crippen LogP contribution in [0.5, 0.6) is 0 Å². The van der Waals surface area contributed by atoms with Gasteiger partial charge in [-0.15, -0.1) is 0 Å². The standard InChI is InChI=1S/C16H28N4/c1-12(2)14-6-7-20(11-14)15-17-8-13(9-18-15)10-19-16(3,4)5/h8-9,12,14,19H,6-7,10-11H2,1-5H3. The molecule has 0 amide bonds. The minimum absolute atomic E-state index is 0.123. The van der Waals surface area contributed by atoms with Crippen LogP contribution in [0.15, 0.2) is 12.4 Å². The van der Waals surface area contributed by atoms with Crippen molar-refractivity contribution in [3.05, 3.63) is 18.0 Å². The summed E-state index contributed by atoms with van der Waals surface area (Å²) in [4.78, 5) is 11.4. The van der Waals surface area contributed by atoms with Gasteiger partial charge in [0.25, 0.3) is 0 Å². The van der Waals surface area contributed by atoms with E-state index in [9.17, 15) is 0 Å². The molecule has 2 rings (SSSR count). The summed E-state index contributed by atoms with van der Waals surface area (Å²) < 4.78 is 0. The van der Waals surface area contributed by atoms with Crippen molar-refractivity contribution in [3.63, 3.8) is 0 Å². The molecule has 1 aromatic rings. The zero-order valence-electron chi connectivity index (χ0n) is 13.5. The summed E-state index contributed by atoms with van der Waals surface area (Å²) >= 11 is 0. The van der Waals surface area contributed by atoms with Crippen molar-refractivity contribution < 1.29 is 0 Å². The molecule has 2 heterocycles. The quantitative estimate of drug-likeness (QED) is 0.918. The number of aromatic nitrogens is 2. The molecule has 1 unspecified atom stereocenters. The number of anilines is 1. The van der Waals surface area contributed by atoms with E-state index in [0.29, 0.717) is 0 Å². The first-order valence-electron chi connectivity index (χ1n) is 7.66. The minimum Gasteiger partial charge on any atom is -0.341 e. The van der Waals surface area contributed by atoms with Crippen molar-refractivity contribution in [2.75, 3.05) is 18.0 Å². The molecule has 0 bridgehead atoms. The van der Waals surface area contributed by atoms with E-state index in [-0.39, 0.29) is 5.54 Å². The van der Waals surface area contributed by atoms with Crippen LogP contribution < -0.4 is 10.2 Å². The lowest BCUT2D eigenvalue weighted by Gasteiger charge is -2.21. The smallest absolute Gasteiger partial charge is 0.225 e. The highest BCUT2D eigenvalue weighted by atomic mass is 15.3. The van der Waals surface area contributed by atoms with Gasteiger partial charge < -0.3 is 10.2 Å². The third-order valence-corrected chi connectivity index (χ3v) is 3.96. The zero-order chi connectivity index (χ0) is 14.8. The molecule has 0 saturated carbocycles. The SMILES string of the molecule is CC(C)C1CCN(c2ncc(CNC(C)(C)C)cn2)C1. The number of nitrogens with zero attached hydrogens (tertiary/aromatic N) is 3. The zero-order valence-corrected chi connectivity index (χ0v) is 13.5. The summed E-state index contributed by atoms with van der Waals surface area (Å²) in [7, 11) is 0. The molecule has 20 heavy (non-hydrogen) atoms. The molecule has 112 valence electrons. The molecule has 4 heteroatoms. The van der Waals surface area contributed by atoms with E-state index in [4.69, 9.17) is 0 Å². The van der Waals surface area contributed by atoms with Gasteiger partial charge >= 0.3 is 0 Å². The molecule has 0 spiro atoms. The molecular formula is C16H28N4. The van der Waals surface area contributed by atoms with Crippen molar-refractivity contribution in [1.29, 1.82) is 0 Å². The van der Waals surface area contributed by atoms with Gasteiger partial charge in [0.15, 0.2) is 0 Å². The molecule has 4 nitrogen and oxygen atoms in total. The van der Waals surface area contributed by atoms with E-state index >= 15 is 0 Å². The van der Waals surface area contributed by atoms with Crippen molar-refractivity contribution in [1.82, 2.24) is 15.3 Å². The molecule has 0 aromatic carbocycles. The highest BCUT2D eigenvalue weighted by Crippen LogP contribution is 2.25. The second-order valence-electron chi connectivity index (χ2n) is 7.23. The van der Waals surface area contributed by atoms with E-state index in [0.717, 1.165) is 43.0 Å². The van der Waals surface area contributed by atoms with Gasteiger partial charge in [0.2, 0.25) is 5.95 Å². The Kier molecular flexibility index (Phi) is 4.63. The molecule has 1 aliphatic rings. The van der Waals surface area contributed by atoms with Gasteiger partial charge in [0.05, 0.1) is 0 Å². The normalized spacial score (nSPS) is 19.9. The Labute approximate surface area is 123 Å². The average Bonchev–Trinajstić information content (AvgIpc) is 2.86. The first-order valence-corrected chi connectivity index (χ1v) is 7.66. The van der Waals surface area contributed by atoms with Crippen LogP contribution in [-0.4, -0.2) is 28.6 Å². The topological polar surface area (TPSA) is 41.1 Å². The van der Waals surface area contributed by atoms with E-state index in [1.807, 2.05) is 12.4 Å². The monoisotopic (exact) mass is 276 g/mol. The van der Waals surface area contributed by atoms with Crippen LogP contribution in [0.25, 0.3) is 0 Å². The van der Waals surface area contributed by atoms with Crippen LogP contribution in [0.3, 0.4) is 0 Å². The van der Waals surface area contributed by atoms with E-state index in [1.54, 1.807) is 0 Å². The van der Waals surface area contributed by atoms with Gasteiger partial charge in [-0.1, -0.05) is 13.8 Å². The summed E-state index contributed by atoms with van der Waals surface area (Å²) in [6.45, 7) is 14.1. The van der Waals surface area contributed by atoms with Gasteiger partial charge in [-0.2, -0.15) is 0 Å². The Morgan fingerprint density at radius 3 is 2.45 bits per heavy atom. The Morgan fingerprint density at radius 1 is 1.30 bits per heavy atom. The maximum Gasteiger partial charge on any atom is 0.225 e. The first kappa shape index (κ1) is 15.2. The summed E-state index contributed by atoms with van der Waals surface area (Å²) in [6, 6.07) is 0. The summed E-state index contributed by atoms with van der Waals surface area (Å²) in [5.74, 6) is 2.41. The van der Waals surface area contributed by atoms with Gasteiger partial charge in [0, 0.05) is 43.1 Å². The molecule has 1 aliphatic heterocycles. The molecule has 1 aromatic heterocycles. The predicted molar refractivity (Wildman–Crippen MR) is 83.8 cm³/mol. The predicted octanol–water partition coefficient (Wildman–Crippen LogP) is 2.85. The Hall–Kier alpha value is -1.16. The van der Waals surface area contributed by atoms with Crippen molar-refractivity contribution >= 4 is 5.95 Å². The fraction of sp³-hybridized carbons (Fsp3) is 0.750. The maximum atomic E-state index is 4.53. The van der Waals surface area contributed by atoms with Crippen LogP contribution in [0, 0.1) is 11.8 Å². The van der Waals surface area contributed by atoms with E-state index in [1.165, 1.54) is 6.42 Å². The number of rotatable bonds is 4. The molecule has 1 N–H and O–H groups in total. The highest BCUT2D eigenvalue weighted by molar-refractivity contribution is 5.31. The lowest BCUT2D eigenvalue weighted by Crippen LogP contribution is -2.35. The van der Waals surface area contributed by atoms with Crippen molar-refractivity contribution in [3.8, 4) is 0 Å². The van der Waals surface area contributed by atoms with Crippen LogP contribution in [0.4, 0.5) is 5.95 Å². The second kappa shape index (κ2) is 6.08. The van der Waals surface area contributed by atoms with Crippen LogP contribution in [-0.2, 0) is 6.54 Å². The molecule has 1 fully saturated rings. The third-order valence-electron chi connectivity index (χ3n) is 3.96. The van der Waals surface area contributed by atoms with E-state index < -0.39 is 0 Å². The Morgan fingerprint density at radius 2 is 1.95 bits per heavy atom. The van der Waals surface area contributed by atoms with E-state index in [2.05, 4.69) is 54.8 Å². The summed E-state index contributed by atoms with van der Waals surface area (Å²) in [6.07, 6.45) is 5.15. The first-order chi connectivity index (χ1) is 9.35.